The zero-order valence-corrected chi connectivity index (χ0v) is 11.3. The Bertz CT molecular complexity index is 336. The highest BCUT2D eigenvalue weighted by molar-refractivity contribution is 9.10. The maximum atomic E-state index is 3.53. The molecule has 1 aromatic rings. The largest absolute Gasteiger partial charge is 0.312 e. The van der Waals surface area contributed by atoms with Crippen molar-refractivity contribution in [1.82, 2.24) is 10.6 Å². The predicted octanol–water partition coefficient (Wildman–Crippen LogP) is 2.68. The second kappa shape index (κ2) is 5.80. The third-order valence-corrected chi connectivity index (χ3v) is 3.33. The minimum Gasteiger partial charge on any atom is -0.312 e. The maximum absolute atomic E-state index is 3.53. The first kappa shape index (κ1) is 12.1. The van der Waals surface area contributed by atoms with Gasteiger partial charge in [-0.15, -0.1) is 0 Å². The van der Waals surface area contributed by atoms with Crippen LogP contribution >= 0.6 is 15.9 Å². The second-order valence-electron chi connectivity index (χ2n) is 4.59. The number of hydrogen-bond acceptors (Lipinski definition) is 2. The lowest BCUT2D eigenvalue weighted by Crippen LogP contribution is -2.36. The highest BCUT2D eigenvalue weighted by atomic mass is 79.9. The smallest absolute Gasteiger partial charge is 0.0208 e. The fraction of sp³-hybridized carbons (Fsp3) is 0.538. The van der Waals surface area contributed by atoms with Crippen molar-refractivity contribution in [2.45, 2.75) is 38.4 Å². The Morgan fingerprint density at radius 2 is 2.25 bits per heavy atom. The Hall–Kier alpha value is -0.380. The molecular formula is C13H19BrN2. The van der Waals surface area contributed by atoms with Crippen molar-refractivity contribution in [1.29, 1.82) is 0 Å². The molecule has 0 saturated heterocycles. The molecule has 1 fully saturated rings. The van der Waals surface area contributed by atoms with Crippen LogP contribution < -0.4 is 10.6 Å². The summed E-state index contributed by atoms with van der Waals surface area (Å²) in [6, 6.07) is 9.78. The Morgan fingerprint density at radius 3 is 2.94 bits per heavy atom. The van der Waals surface area contributed by atoms with Gasteiger partial charge < -0.3 is 10.6 Å². The first-order valence-electron chi connectivity index (χ1n) is 5.95. The van der Waals surface area contributed by atoms with Crippen LogP contribution in [0.2, 0.25) is 0 Å². The molecule has 0 heterocycles. The second-order valence-corrected chi connectivity index (χ2v) is 5.51. The van der Waals surface area contributed by atoms with Crippen LogP contribution in [-0.4, -0.2) is 18.6 Å². The average Bonchev–Trinajstić information content (AvgIpc) is 3.07. The van der Waals surface area contributed by atoms with Crippen molar-refractivity contribution in [3.63, 3.8) is 0 Å². The molecule has 2 nitrogen and oxygen atoms in total. The Morgan fingerprint density at radius 1 is 1.44 bits per heavy atom. The lowest BCUT2D eigenvalue weighted by atomic mass is 10.2. The monoisotopic (exact) mass is 282 g/mol. The van der Waals surface area contributed by atoms with Crippen LogP contribution in [0.25, 0.3) is 0 Å². The third-order valence-electron chi connectivity index (χ3n) is 2.83. The minimum absolute atomic E-state index is 0.527. The molecule has 3 heteroatoms. The lowest BCUT2D eigenvalue weighted by molar-refractivity contribution is 0.500. The third kappa shape index (κ3) is 4.24. The average molecular weight is 283 g/mol. The van der Waals surface area contributed by atoms with Gasteiger partial charge in [0.05, 0.1) is 0 Å². The van der Waals surface area contributed by atoms with Crippen LogP contribution in [0.4, 0.5) is 0 Å². The molecule has 1 aliphatic carbocycles. The minimum atomic E-state index is 0.527. The van der Waals surface area contributed by atoms with Crippen LogP contribution in [0, 0.1) is 0 Å². The summed E-state index contributed by atoms with van der Waals surface area (Å²) >= 11 is 3.49. The van der Waals surface area contributed by atoms with Gasteiger partial charge in [0, 0.05) is 29.6 Å². The first-order valence-corrected chi connectivity index (χ1v) is 6.74. The van der Waals surface area contributed by atoms with Crippen LogP contribution in [0.5, 0.6) is 0 Å². The molecule has 0 spiro atoms. The van der Waals surface area contributed by atoms with E-state index in [1.54, 1.807) is 0 Å². The van der Waals surface area contributed by atoms with E-state index in [-0.39, 0.29) is 0 Å². The van der Waals surface area contributed by atoms with Gasteiger partial charge in [-0.05, 0) is 37.5 Å². The number of halogens is 1. The molecule has 2 N–H and O–H groups in total. The highest BCUT2D eigenvalue weighted by Crippen LogP contribution is 2.18. The van der Waals surface area contributed by atoms with Crippen LogP contribution in [0.1, 0.15) is 25.3 Å². The van der Waals surface area contributed by atoms with E-state index in [2.05, 4.69) is 57.8 Å². The molecular weight excluding hydrogens is 264 g/mol. The van der Waals surface area contributed by atoms with Crippen molar-refractivity contribution >= 4 is 15.9 Å². The SMILES string of the molecule is CC(CNC1CC1)NCc1cccc(Br)c1. The van der Waals surface area contributed by atoms with Crippen LogP contribution in [-0.2, 0) is 6.54 Å². The van der Waals surface area contributed by atoms with Gasteiger partial charge in [0.15, 0.2) is 0 Å². The van der Waals surface area contributed by atoms with Gasteiger partial charge in [-0.2, -0.15) is 0 Å². The number of hydrogen-bond donors (Lipinski definition) is 2. The van der Waals surface area contributed by atoms with E-state index in [9.17, 15) is 0 Å². The van der Waals surface area contributed by atoms with Gasteiger partial charge in [-0.25, -0.2) is 0 Å². The molecule has 2 rings (SSSR count). The molecule has 1 aliphatic rings. The molecule has 88 valence electrons. The van der Waals surface area contributed by atoms with E-state index in [1.165, 1.54) is 18.4 Å². The standard InChI is InChI=1S/C13H19BrN2/c1-10(8-16-13-5-6-13)15-9-11-3-2-4-12(14)7-11/h2-4,7,10,13,15-16H,5-6,8-9H2,1H3. The summed E-state index contributed by atoms with van der Waals surface area (Å²) in [4.78, 5) is 0. The van der Waals surface area contributed by atoms with Gasteiger partial charge >= 0.3 is 0 Å². The van der Waals surface area contributed by atoms with Crippen LogP contribution in [0.3, 0.4) is 0 Å². The van der Waals surface area contributed by atoms with E-state index in [4.69, 9.17) is 0 Å². The van der Waals surface area contributed by atoms with Crippen molar-refractivity contribution in [3.8, 4) is 0 Å². The fourth-order valence-electron chi connectivity index (χ4n) is 1.64. The normalized spacial score (nSPS) is 17.4. The Labute approximate surface area is 106 Å². The number of rotatable bonds is 6. The first-order chi connectivity index (χ1) is 7.74. The molecule has 1 atom stereocenters. The quantitative estimate of drug-likeness (QED) is 0.838. The van der Waals surface area contributed by atoms with Crippen molar-refractivity contribution in [2.24, 2.45) is 0 Å². The van der Waals surface area contributed by atoms with Gasteiger partial charge in [-0.1, -0.05) is 28.1 Å². The van der Waals surface area contributed by atoms with Crippen LogP contribution in [0.15, 0.2) is 28.7 Å². The summed E-state index contributed by atoms with van der Waals surface area (Å²) in [6.45, 7) is 4.24. The molecule has 0 radical (unpaired) electrons. The fourth-order valence-corrected chi connectivity index (χ4v) is 2.09. The zero-order valence-electron chi connectivity index (χ0n) is 9.67. The Balaban J connectivity index is 1.69. The topological polar surface area (TPSA) is 24.1 Å². The molecule has 1 saturated carbocycles. The van der Waals surface area contributed by atoms with Crippen molar-refractivity contribution in [2.75, 3.05) is 6.54 Å². The molecule has 1 aromatic carbocycles. The molecule has 0 aromatic heterocycles. The molecule has 0 bridgehead atoms. The summed E-state index contributed by atoms with van der Waals surface area (Å²) in [6.07, 6.45) is 2.72. The van der Waals surface area contributed by atoms with E-state index in [0.717, 1.165) is 23.6 Å². The summed E-state index contributed by atoms with van der Waals surface area (Å²) < 4.78 is 1.15. The van der Waals surface area contributed by atoms with Gasteiger partial charge in [0.25, 0.3) is 0 Å². The van der Waals surface area contributed by atoms with E-state index in [0.29, 0.717) is 6.04 Å². The van der Waals surface area contributed by atoms with E-state index < -0.39 is 0 Å². The summed E-state index contributed by atoms with van der Waals surface area (Å²) in [5, 5.41) is 7.06. The molecule has 16 heavy (non-hydrogen) atoms. The van der Waals surface area contributed by atoms with E-state index >= 15 is 0 Å². The maximum Gasteiger partial charge on any atom is 0.0208 e. The number of benzene rings is 1. The zero-order chi connectivity index (χ0) is 11.4. The van der Waals surface area contributed by atoms with Gasteiger partial charge in [0.2, 0.25) is 0 Å². The Kier molecular flexibility index (Phi) is 4.38. The molecule has 1 unspecified atom stereocenters. The summed E-state index contributed by atoms with van der Waals surface area (Å²) in [5.41, 5.74) is 1.33. The van der Waals surface area contributed by atoms with Crippen molar-refractivity contribution in [3.05, 3.63) is 34.3 Å². The summed E-state index contributed by atoms with van der Waals surface area (Å²) in [5.74, 6) is 0. The highest BCUT2D eigenvalue weighted by Gasteiger charge is 2.20. The van der Waals surface area contributed by atoms with Gasteiger partial charge in [-0.3, -0.25) is 0 Å². The lowest BCUT2D eigenvalue weighted by Gasteiger charge is -2.14. The van der Waals surface area contributed by atoms with E-state index in [1.807, 2.05) is 0 Å². The van der Waals surface area contributed by atoms with Gasteiger partial charge in [0.1, 0.15) is 0 Å². The summed E-state index contributed by atoms with van der Waals surface area (Å²) in [7, 11) is 0. The molecule has 0 aliphatic heterocycles. The van der Waals surface area contributed by atoms with Crippen molar-refractivity contribution < 1.29 is 0 Å². The molecule has 0 amide bonds. The predicted molar refractivity (Wildman–Crippen MR) is 71.5 cm³/mol. The number of nitrogens with one attached hydrogen (secondary N) is 2.